The molecular formula is C13H21NO6. The summed E-state index contributed by atoms with van der Waals surface area (Å²) in [6, 6.07) is 0. The maximum Gasteiger partial charge on any atom is 0.408 e. The number of carbonyl (C=O) groups is 3. The molecular weight excluding hydrogens is 266 g/mol. The monoisotopic (exact) mass is 287 g/mol. The van der Waals surface area contributed by atoms with Crippen LogP contribution in [0.2, 0.25) is 0 Å². The first-order chi connectivity index (χ1) is 9.11. The van der Waals surface area contributed by atoms with Gasteiger partial charge in [0.05, 0.1) is 0 Å². The Labute approximate surface area is 118 Å². The third-order valence-electron chi connectivity index (χ3n) is 1.70. The number of carbonyl (C=O) groups excluding carboxylic acids is 3. The Hall–Kier alpha value is -2.05. The molecule has 0 radical (unpaired) electrons. The minimum atomic E-state index is -0.705. The number of nitrogens with one attached hydrogen (secondary N) is 1. The molecule has 20 heavy (non-hydrogen) atoms. The molecule has 7 heteroatoms. The van der Waals surface area contributed by atoms with Crippen LogP contribution in [-0.2, 0) is 23.8 Å². The van der Waals surface area contributed by atoms with Crippen molar-refractivity contribution in [3.05, 3.63) is 12.2 Å². The van der Waals surface area contributed by atoms with Gasteiger partial charge in [-0.15, -0.1) is 0 Å². The number of hydrogen-bond donors (Lipinski definition) is 1. The van der Waals surface area contributed by atoms with Gasteiger partial charge in [-0.2, -0.15) is 0 Å². The van der Waals surface area contributed by atoms with E-state index in [1.54, 1.807) is 20.8 Å². The van der Waals surface area contributed by atoms with E-state index < -0.39 is 23.6 Å². The molecule has 0 atom stereocenters. The minimum Gasteiger partial charge on any atom is -0.461 e. The fourth-order valence-corrected chi connectivity index (χ4v) is 0.923. The molecule has 0 aliphatic rings. The second-order valence-corrected chi connectivity index (χ2v) is 4.99. The number of ether oxygens (including phenoxy) is 3. The Morgan fingerprint density at radius 1 is 1.10 bits per heavy atom. The second kappa shape index (κ2) is 8.19. The summed E-state index contributed by atoms with van der Waals surface area (Å²) in [5.74, 6) is -1.20. The van der Waals surface area contributed by atoms with Gasteiger partial charge in [-0.25, -0.2) is 9.59 Å². The van der Waals surface area contributed by atoms with Crippen LogP contribution in [-0.4, -0.2) is 43.4 Å². The van der Waals surface area contributed by atoms with Crippen molar-refractivity contribution in [1.29, 1.82) is 0 Å². The fraction of sp³-hybridized carbons (Fsp3) is 0.615. The molecule has 0 saturated heterocycles. The third-order valence-corrected chi connectivity index (χ3v) is 1.70. The van der Waals surface area contributed by atoms with Gasteiger partial charge in [-0.3, -0.25) is 4.79 Å². The molecule has 7 nitrogen and oxygen atoms in total. The first kappa shape index (κ1) is 17.9. The highest BCUT2D eigenvalue weighted by molar-refractivity contribution is 5.86. The molecule has 1 N–H and O–H groups in total. The molecule has 0 unspecified atom stereocenters. The van der Waals surface area contributed by atoms with Gasteiger partial charge in [0, 0.05) is 5.57 Å². The van der Waals surface area contributed by atoms with Crippen LogP contribution in [0.3, 0.4) is 0 Å². The summed E-state index contributed by atoms with van der Waals surface area (Å²) in [5.41, 5.74) is -0.368. The summed E-state index contributed by atoms with van der Waals surface area (Å²) in [6.07, 6.45) is -0.705. The maximum absolute atomic E-state index is 11.2. The average molecular weight is 287 g/mol. The Bertz CT molecular complexity index is 383. The molecule has 0 rings (SSSR count). The summed E-state index contributed by atoms with van der Waals surface area (Å²) < 4.78 is 14.4. The molecule has 0 bridgehead atoms. The van der Waals surface area contributed by atoms with E-state index in [2.05, 4.69) is 11.9 Å². The van der Waals surface area contributed by atoms with Crippen LogP contribution in [0.4, 0.5) is 4.79 Å². The van der Waals surface area contributed by atoms with Gasteiger partial charge in [-0.05, 0) is 27.7 Å². The summed E-state index contributed by atoms with van der Waals surface area (Å²) >= 11 is 0. The maximum atomic E-state index is 11.2. The van der Waals surface area contributed by atoms with Gasteiger partial charge in [-0.1, -0.05) is 6.58 Å². The van der Waals surface area contributed by atoms with Crippen LogP contribution >= 0.6 is 0 Å². The van der Waals surface area contributed by atoms with Crippen LogP contribution in [0.15, 0.2) is 12.2 Å². The highest BCUT2D eigenvalue weighted by Crippen LogP contribution is 2.06. The first-order valence-corrected chi connectivity index (χ1v) is 6.07. The van der Waals surface area contributed by atoms with Crippen molar-refractivity contribution in [3.8, 4) is 0 Å². The third kappa shape index (κ3) is 9.93. The largest absolute Gasteiger partial charge is 0.461 e. The van der Waals surface area contributed by atoms with Crippen LogP contribution in [0.25, 0.3) is 0 Å². The molecule has 0 aliphatic heterocycles. The predicted molar refractivity (Wildman–Crippen MR) is 71.0 cm³/mol. The van der Waals surface area contributed by atoms with E-state index in [1.165, 1.54) is 6.92 Å². The van der Waals surface area contributed by atoms with Gasteiger partial charge in [0.25, 0.3) is 0 Å². The topological polar surface area (TPSA) is 90.9 Å². The molecule has 114 valence electrons. The predicted octanol–water partition coefficient (Wildman–Crippen LogP) is 1.17. The number of esters is 2. The number of rotatable bonds is 6. The molecule has 0 aromatic rings. The van der Waals surface area contributed by atoms with E-state index in [4.69, 9.17) is 14.2 Å². The van der Waals surface area contributed by atoms with Crippen molar-refractivity contribution in [3.63, 3.8) is 0 Å². The zero-order chi connectivity index (χ0) is 15.8. The fourth-order valence-electron chi connectivity index (χ4n) is 0.923. The molecule has 0 aromatic carbocycles. The Kier molecular flexibility index (Phi) is 7.35. The summed E-state index contributed by atoms with van der Waals surface area (Å²) in [7, 11) is 0. The molecule has 0 saturated carbocycles. The quantitative estimate of drug-likeness (QED) is 0.341. The zero-order valence-electron chi connectivity index (χ0n) is 12.3. The van der Waals surface area contributed by atoms with E-state index in [1.807, 2.05) is 0 Å². The Balaban J connectivity index is 3.72. The Morgan fingerprint density at radius 2 is 1.65 bits per heavy atom. The lowest BCUT2D eigenvalue weighted by Gasteiger charge is -2.19. The van der Waals surface area contributed by atoms with Gasteiger partial charge in [0.1, 0.15) is 25.4 Å². The van der Waals surface area contributed by atoms with Gasteiger partial charge < -0.3 is 19.5 Å². The summed E-state index contributed by atoms with van der Waals surface area (Å²) in [6.45, 7) is 9.57. The number of hydrogen-bond acceptors (Lipinski definition) is 6. The summed E-state index contributed by atoms with van der Waals surface area (Å²) in [4.78, 5) is 33.5. The van der Waals surface area contributed by atoms with Gasteiger partial charge in [0.2, 0.25) is 0 Å². The highest BCUT2D eigenvalue weighted by Gasteiger charge is 2.16. The lowest BCUT2D eigenvalue weighted by atomic mass is 10.2. The van der Waals surface area contributed by atoms with Crippen molar-refractivity contribution in [1.82, 2.24) is 5.32 Å². The second-order valence-electron chi connectivity index (χ2n) is 4.99. The number of alkyl carbamates (subject to hydrolysis) is 1. The SMILES string of the molecule is C=C(C)C(=O)OCCOC(=O)CNC(=O)OC(C)(C)C. The van der Waals surface area contributed by atoms with Crippen molar-refractivity contribution in [2.24, 2.45) is 0 Å². The molecule has 0 heterocycles. The highest BCUT2D eigenvalue weighted by atomic mass is 16.6. The zero-order valence-corrected chi connectivity index (χ0v) is 12.3. The van der Waals surface area contributed by atoms with Gasteiger partial charge in [0.15, 0.2) is 0 Å². The van der Waals surface area contributed by atoms with E-state index in [0.29, 0.717) is 0 Å². The van der Waals surface area contributed by atoms with Crippen LogP contribution in [0.1, 0.15) is 27.7 Å². The molecule has 1 amide bonds. The van der Waals surface area contributed by atoms with Crippen molar-refractivity contribution >= 4 is 18.0 Å². The van der Waals surface area contributed by atoms with E-state index in [-0.39, 0.29) is 25.3 Å². The minimum absolute atomic E-state index is 0.0656. The molecule has 0 spiro atoms. The average Bonchev–Trinajstić information content (AvgIpc) is 2.29. The van der Waals surface area contributed by atoms with Crippen LogP contribution in [0.5, 0.6) is 0 Å². The first-order valence-electron chi connectivity index (χ1n) is 6.07. The normalized spacial score (nSPS) is 10.4. The number of amides is 1. The summed E-state index contributed by atoms with van der Waals surface area (Å²) in [5, 5.41) is 2.25. The lowest BCUT2D eigenvalue weighted by Crippen LogP contribution is -2.36. The molecule has 0 aromatic heterocycles. The van der Waals surface area contributed by atoms with Crippen LogP contribution in [0, 0.1) is 0 Å². The van der Waals surface area contributed by atoms with Crippen LogP contribution < -0.4 is 5.32 Å². The van der Waals surface area contributed by atoms with Gasteiger partial charge >= 0.3 is 18.0 Å². The standard InChI is InChI=1S/C13H21NO6/c1-9(2)11(16)19-7-6-18-10(15)8-14-12(17)20-13(3,4)5/h1,6-8H2,2-5H3,(H,14,17). The lowest BCUT2D eigenvalue weighted by molar-refractivity contribution is -0.149. The van der Waals surface area contributed by atoms with E-state index >= 15 is 0 Å². The van der Waals surface area contributed by atoms with Crippen molar-refractivity contribution in [2.75, 3.05) is 19.8 Å². The van der Waals surface area contributed by atoms with E-state index in [9.17, 15) is 14.4 Å². The Morgan fingerprint density at radius 3 is 2.15 bits per heavy atom. The van der Waals surface area contributed by atoms with Crippen molar-refractivity contribution < 1.29 is 28.6 Å². The molecule has 0 aliphatic carbocycles. The molecule has 0 fully saturated rings. The van der Waals surface area contributed by atoms with Crippen molar-refractivity contribution in [2.45, 2.75) is 33.3 Å². The smallest absolute Gasteiger partial charge is 0.408 e. The van der Waals surface area contributed by atoms with E-state index in [0.717, 1.165) is 0 Å².